The summed E-state index contributed by atoms with van der Waals surface area (Å²) in [7, 11) is 3.46. The van der Waals surface area contributed by atoms with E-state index in [-0.39, 0.29) is 46.6 Å². The minimum absolute atomic E-state index is 0.0144. The summed E-state index contributed by atoms with van der Waals surface area (Å²) in [5, 5.41) is -0.0463. The van der Waals surface area contributed by atoms with Crippen LogP contribution in [0, 0.1) is 28.6 Å². The van der Waals surface area contributed by atoms with Crippen LogP contribution in [-0.4, -0.2) is 48.9 Å². The Balaban J connectivity index is 1.56. The molecule has 33 heavy (non-hydrogen) atoms. The van der Waals surface area contributed by atoms with E-state index in [1.165, 1.54) is 11.8 Å². The van der Waals surface area contributed by atoms with E-state index in [2.05, 4.69) is 6.92 Å². The zero-order valence-electron chi connectivity index (χ0n) is 20.2. The Labute approximate surface area is 201 Å². The van der Waals surface area contributed by atoms with Gasteiger partial charge in [-0.1, -0.05) is 49.0 Å². The lowest BCUT2D eigenvalue weighted by molar-refractivity contribution is -0.171. The van der Waals surface area contributed by atoms with Gasteiger partial charge in [-0.3, -0.25) is 9.59 Å². The van der Waals surface area contributed by atoms with E-state index in [1.54, 1.807) is 7.11 Å². The van der Waals surface area contributed by atoms with E-state index in [9.17, 15) is 9.59 Å². The zero-order valence-corrected chi connectivity index (χ0v) is 21.0. The Hall–Kier alpha value is -1.21. The molecule has 4 aliphatic rings. The van der Waals surface area contributed by atoms with E-state index >= 15 is 0 Å². The number of carbonyl (C=O) groups excluding carboxylic acids is 2. The van der Waals surface area contributed by atoms with Gasteiger partial charge < -0.3 is 14.2 Å². The third-order valence-electron chi connectivity index (χ3n) is 9.59. The predicted molar refractivity (Wildman–Crippen MR) is 128 cm³/mol. The molecule has 1 spiro atoms. The van der Waals surface area contributed by atoms with Crippen molar-refractivity contribution in [2.75, 3.05) is 21.0 Å². The molecule has 4 aliphatic carbocycles. The highest BCUT2D eigenvalue weighted by Gasteiger charge is 2.76. The lowest BCUT2D eigenvalue weighted by Crippen LogP contribution is -2.58. The molecule has 4 saturated carbocycles. The van der Waals surface area contributed by atoms with Crippen molar-refractivity contribution < 1.29 is 23.8 Å². The number of benzene rings is 1. The number of Topliss-reactive ketones (excluding diaryl/α,β-unsaturated/α-hetero) is 1. The topological polar surface area (TPSA) is 61.8 Å². The van der Waals surface area contributed by atoms with Crippen LogP contribution in [0.2, 0.25) is 0 Å². The fourth-order valence-electron chi connectivity index (χ4n) is 8.04. The van der Waals surface area contributed by atoms with Gasteiger partial charge in [-0.25, -0.2) is 0 Å². The second-order valence-electron chi connectivity index (χ2n) is 10.9. The molecule has 4 fully saturated rings. The van der Waals surface area contributed by atoms with Gasteiger partial charge in [0, 0.05) is 31.1 Å². The largest absolute Gasteiger partial charge is 0.381 e. The Morgan fingerprint density at radius 2 is 1.85 bits per heavy atom. The van der Waals surface area contributed by atoms with Crippen LogP contribution in [0.5, 0.6) is 0 Å². The van der Waals surface area contributed by atoms with Gasteiger partial charge in [0.1, 0.15) is 6.79 Å². The van der Waals surface area contributed by atoms with E-state index < -0.39 is 4.75 Å². The highest BCUT2D eigenvalue weighted by molar-refractivity contribution is 8.15. The van der Waals surface area contributed by atoms with Gasteiger partial charge in [0.05, 0.1) is 17.0 Å². The van der Waals surface area contributed by atoms with Crippen LogP contribution in [0.15, 0.2) is 30.3 Å². The second kappa shape index (κ2) is 8.47. The van der Waals surface area contributed by atoms with E-state index in [1.807, 2.05) is 44.4 Å². The molecular weight excluding hydrogens is 436 g/mol. The fourth-order valence-corrected chi connectivity index (χ4v) is 9.21. The molecule has 0 saturated heterocycles. The van der Waals surface area contributed by atoms with Crippen molar-refractivity contribution in [1.29, 1.82) is 0 Å². The summed E-state index contributed by atoms with van der Waals surface area (Å²) in [6.07, 6.45) is 5.94. The summed E-state index contributed by atoms with van der Waals surface area (Å²) in [6.45, 7) is 4.31. The maximum absolute atomic E-state index is 14.3. The van der Waals surface area contributed by atoms with Crippen LogP contribution in [-0.2, 0) is 19.0 Å². The van der Waals surface area contributed by atoms with Crippen molar-refractivity contribution in [3.8, 4) is 0 Å². The number of hydrogen-bond donors (Lipinski definition) is 0. The van der Waals surface area contributed by atoms with Crippen LogP contribution >= 0.6 is 11.8 Å². The monoisotopic (exact) mass is 472 g/mol. The molecule has 0 heterocycles. The highest BCUT2D eigenvalue weighted by Crippen LogP contribution is 2.78. The van der Waals surface area contributed by atoms with Crippen LogP contribution in [0.3, 0.4) is 0 Å². The van der Waals surface area contributed by atoms with Crippen LogP contribution < -0.4 is 0 Å². The van der Waals surface area contributed by atoms with Crippen molar-refractivity contribution in [2.24, 2.45) is 28.6 Å². The van der Waals surface area contributed by atoms with Gasteiger partial charge in [-0.05, 0) is 62.7 Å². The number of ether oxygens (including phenoxy) is 3. The van der Waals surface area contributed by atoms with Gasteiger partial charge in [0.15, 0.2) is 5.78 Å². The molecule has 0 aliphatic heterocycles. The molecule has 0 amide bonds. The average molecular weight is 473 g/mol. The molecule has 5 nitrogen and oxygen atoms in total. The first kappa shape index (κ1) is 23.5. The molecule has 0 aromatic heterocycles. The highest BCUT2D eigenvalue weighted by atomic mass is 32.2. The molecule has 1 aromatic carbocycles. The molecule has 8 atom stereocenters. The van der Waals surface area contributed by atoms with Gasteiger partial charge >= 0.3 is 0 Å². The standard InChI is InChI=1S/C27H36O5S/c1-17-23(28)25(2,33-24(29)18-8-6-5-7-9-18)15-21(32-16-30-3)27-14-19(27)10-12-26(17)13-11-20(31-4)22(26)27/h5-9,17,19-22H,10-16H2,1-4H3/t17-,19-,20+,21+,22?,25+,26?,27-/m0/s1. The SMILES string of the molecule is COCO[C@@H]1C[C@@](C)(SC(=O)c2ccccc2)C(=O)[C@H](C)C23CC[C@H]4C[C@]41C2[C@H](OC)CC3. The Morgan fingerprint density at radius 3 is 2.55 bits per heavy atom. The number of rotatable bonds is 6. The summed E-state index contributed by atoms with van der Waals surface area (Å²) in [6, 6.07) is 9.30. The van der Waals surface area contributed by atoms with Crippen molar-refractivity contribution in [1.82, 2.24) is 0 Å². The normalized spacial score (nSPS) is 43.9. The third-order valence-corrected chi connectivity index (χ3v) is 10.8. The minimum atomic E-state index is -0.842. The van der Waals surface area contributed by atoms with Crippen molar-refractivity contribution in [3.05, 3.63) is 35.9 Å². The lowest BCUT2D eigenvalue weighted by atomic mass is 9.52. The first-order valence-electron chi connectivity index (χ1n) is 12.3. The Kier molecular flexibility index (Phi) is 6.04. The van der Waals surface area contributed by atoms with Crippen molar-refractivity contribution in [2.45, 2.75) is 69.3 Å². The zero-order chi connectivity index (χ0) is 23.4. The molecule has 2 bridgehead atoms. The number of thioether (sulfide) groups is 1. The quantitative estimate of drug-likeness (QED) is 0.535. The molecule has 0 N–H and O–H groups in total. The summed E-state index contributed by atoms with van der Waals surface area (Å²) in [4.78, 5) is 27.5. The minimum Gasteiger partial charge on any atom is -0.381 e. The first-order valence-corrected chi connectivity index (χ1v) is 13.1. The predicted octanol–water partition coefficient (Wildman–Crippen LogP) is 5.13. The lowest BCUT2D eigenvalue weighted by Gasteiger charge is -2.55. The Morgan fingerprint density at radius 1 is 1.12 bits per heavy atom. The summed E-state index contributed by atoms with van der Waals surface area (Å²) in [5.74, 6) is 1.02. The third kappa shape index (κ3) is 3.47. The molecule has 1 aromatic rings. The van der Waals surface area contributed by atoms with Crippen LogP contribution in [0.1, 0.15) is 62.7 Å². The molecular formula is C27H36O5S. The molecule has 2 unspecified atom stereocenters. The van der Waals surface area contributed by atoms with Crippen molar-refractivity contribution >= 4 is 22.7 Å². The number of carbonyl (C=O) groups is 2. The van der Waals surface area contributed by atoms with Gasteiger partial charge in [-0.15, -0.1) is 0 Å². The second-order valence-corrected chi connectivity index (χ2v) is 12.4. The fraction of sp³-hybridized carbons (Fsp3) is 0.704. The van der Waals surface area contributed by atoms with Gasteiger partial charge in [0.25, 0.3) is 0 Å². The van der Waals surface area contributed by atoms with Crippen LogP contribution in [0.25, 0.3) is 0 Å². The Bertz CT molecular complexity index is 920. The van der Waals surface area contributed by atoms with E-state index in [0.29, 0.717) is 23.8 Å². The molecule has 0 radical (unpaired) electrons. The van der Waals surface area contributed by atoms with E-state index in [4.69, 9.17) is 14.2 Å². The average Bonchev–Trinajstić information content (AvgIpc) is 3.45. The first-order chi connectivity index (χ1) is 15.8. The number of hydrogen-bond acceptors (Lipinski definition) is 6. The maximum atomic E-state index is 14.3. The number of methoxy groups -OCH3 is 2. The van der Waals surface area contributed by atoms with Crippen molar-refractivity contribution in [3.63, 3.8) is 0 Å². The number of ketones is 1. The van der Waals surface area contributed by atoms with E-state index in [0.717, 1.165) is 32.1 Å². The van der Waals surface area contributed by atoms with Crippen LogP contribution in [0.4, 0.5) is 0 Å². The summed E-state index contributed by atoms with van der Waals surface area (Å²) < 4.78 is 17.0. The van der Waals surface area contributed by atoms with Gasteiger partial charge in [0.2, 0.25) is 5.12 Å². The molecule has 180 valence electrons. The summed E-state index contributed by atoms with van der Waals surface area (Å²) >= 11 is 1.20. The molecule has 6 heteroatoms. The van der Waals surface area contributed by atoms with Gasteiger partial charge in [-0.2, -0.15) is 0 Å². The smallest absolute Gasteiger partial charge is 0.220 e. The maximum Gasteiger partial charge on any atom is 0.220 e. The molecule has 5 rings (SSSR count). The summed E-state index contributed by atoms with van der Waals surface area (Å²) in [5.41, 5.74) is 0.581.